The number of halogens is 1. The summed E-state index contributed by atoms with van der Waals surface area (Å²) in [5, 5.41) is 19.5. The van der Waals surface area contributed by atoms with Gasteiger partial charge in [-0.25, -0.2) is 13.1 Å². The van der Waals surface area contributed by atoms with Crippen molar-refractivity contribution < 1.29 is 13.5 Å². The Balaban J connectivity index is 2.13. The van der Waals surface area contributed by atoms with Gasteiger partial charge in [-0.2, -0.15) is 5.26 Å². The topological polar surface area (TPSA) is 90.2 Å². The molecule has 0 radical (unpaired) electrons. The first-order chi connectivity index (χ1) is 10.4. The highest BCUT2D eigenvalue weighted by atomic mass is 35.5. The van der Waals surface area contributed by atoms with Crippen LogP contribution in [0.25, 0.3) is 0 Å². The predicted molar refractivity (Wildman–Crippen MR) is 82.8 cm³/mol. The molecule has 0 heterocycles. The lowest BCUT2D eigenvalue weighted by Gasteiger charge is -2.13. The van der Waals surface area contributed by atoms with Gasteiger partial charge in [-0.3, -0.25) is 0 Å². The number of nitriles is 1. The zero-order chi connectivity index (χ0) is 16.2. The molecule has 0 aliphatic heterocycles. The molecule has 2 N–H and O–H groups in total. The van der Waals surface area contributed by atoms with Crippen LogP contribution in [0.15, 0.2) is 53.4 Å². The number of nitrogens with one attached hydrogen (secondary N) is 1. The number of hydrogen-bond donors (Lipinski definition) is 2. The molecule has 0 aliphatic rings. The third kappa shape index (κ3) is 3.84. The van der Waals surface area contributed by atoms with Crippen molar-refractivity contribution in [1.29, 1.82) is 5.26 Å². The predicted octanol–water partition coefficient (Wildman–Crippen LogP) is 2.22. The van der Waals surface area contributed by atoms with Crippen molar-refractivity contribution in [2.24, 2.45) is 0 Å². The molecule has 2 rings (SSSR count). The first kappa shape index (κ1) is 16.5. The third-order valence-corrected chi connectivity index (χ3v) is 4.75. The summed E-state index contributed by atoms with van der Waals surface area (Å²) in [5.74, 6) is 0. The minimum Gasteiger partial charge on any atom is -0.387 e. The van der Waals surface area contributed by atoms with Gasteiger partial charge in [-0.05, 0) is 29.8 Å². The first-order valence-electron chi connectivity index (χ1n) is 6.36. The summed E-state index contributed by atoms with van der Waals surface area (Å²) in [4.78, 5) is -0.110. The van der Waals surface area contributed by atoms with Crippen molar-refractivity contribution in [3.8, 4) is 6.07 Å². The van der Waals surface area contributed by atoms with Crippen molar-refractivity contribution in [1.82, 2.24) is 4.72 Å². The molecular weight excluding hydrogens is 324 g/mol. The number of benzene rings is 2. The summed E-state index contributed by atoms with van der Waals surface area (Å²) in [6, 6.07) is 14.2. The molecule has 2 aromatic carbocycles. The number of rotatable bonds is 5. The van der Waals surface area contributed by atoms with Gasteiger partial charge in [0.15, 0.2) is 0 Å². The molecule has 0 bridgehead atoms. The lowest BCUT2D eigenvalue weighted by atomic mass is 10.1. The number of sulfonamides is 1. The molecular formula is C15H13ClN2O3S. The SMILES string of the molecule is N#Cc1ccccc1S(=O)(=O)NCC(O)c1ccc(Cl)cc1. The van der Waals surface area contributed by atoms with Crippen molar-refractivity contribution in [3.05, 3.63) is 64.7 Å². The molecule has 5 nitrogen and oxygen atoms in total. The van der Waals surface area contributed by atoms with Gasteiger partial charge in [0, 0.05) is 11.6 Å². The molecule has 0 fully saturated rings. The second-order valence-corrected chi connectivity index (χ2v) is 6.70. The van der Waals surface area contributed by atoms with E-state index in [0.29, 0.717) is 10.6 Å². The normalized spacial score (nSPS) is 12.6. The molecule has 114 valence electrons. The summed E-state index contributed by atoms with van der Waals surface area (Å²) < 4.78 is 26.7. The van der Waals surface area contributed by atoms with E-state index in [0.717, 1.165) is 0 Å². The maximum atomic E-state index is 12.2. The van der Waals surface area contributed by atoms with Crippen molar-refractivity contribution in [3.63, 3.8) is 0 Å². The highest BCUT2D eigenvalue weighted by Crippen LogP contribution is 2.18. The lowest BCUT2D eigenvalue weighted by molar-refractivity contribution is 0.182. The first-order valence-corrected chi connectivity index (χ1v) is 8.22. The molecule has 7 heteroatoms. The van der Waals surface area contributed by atoms with Crippen molar-refractivity contribution in [2.45, 2.75) is 11.0 Å². The molecule has 0 spiro atoms. The highest BCUT2D eigenvalue weighted by Gasteiger charge is 2.19. The minimum absolute atomic E-state index is 0.0518. The fourth-order valence-corrected chi connectivity index (χ4v) is 3.18. The van der Waals surface area contributed by atoms with E-state index in [-0.39, 0.29) is 17.0 Å². The van der Waals surface area contributed by atoms with Crippen molar-refractivity contribution >= 4 is 21.6 Å². The second kappa shape index (κ2) is 6.90. The van der Waals surface area contributed by atoms with Gasteiger partial charge in [0.1, 0.15) is 6.07 Å². The highest BCUT2D eigenvalue weighted by molar-refractivity contribution is 7.89. The standard InChI is InChI=1S/C15H13ClN2O3S/c16-13-7-5-11(6-8-13)14(19)10-18-22(20,21)15-4-2-1-3-12(15)9-17/h1-8,14,18-19H,10H2. The molecule has 1 unspecified atom stereocenters. The molecule has 0 saturated carbocycles. The molecule has 1 atom stereocenters. The van der Waals surface area contributed by atoms with Crippen LogP contribution >= 0.6 is 11.6 Å². The summed E-state index contributed by atoms with van der Waals surface area (Å²) in [6.45, 7) is -0.205. The fourth-order valence-electron chi connectivity index (χ4n) is 1.86. The van der Waals surface area contributed by atoms with Crippen LogP contribution in [0.4, 0.5) is 0 Å². The van der Waals surface area contributed by atoms with E-state index >= 15 is 0 Å². The summed E-state index contributed by atoms with van der Waals surface area (Å²) in [6.07, 6.45) is -1.01. The smallest absolute Gasteiger partial charge is 0.241 e. The summed E-state index contributed by atoms with van der Waals surface area (Å²) >= 11 is 5.76. The van der Waals surface area contributed by atoms with Crippen molar-refractivity contribution in [2.75, 3.05) is 6.54 Å². The van der Waals surface area contributed by atoms with Gasteiger partial charge in [-0.1, -0.05) is 35.9 Å². The van der Waals surface area contributed by atoms with Crippen LogP contribution in [-0.4, -0.2) is 20.1 Å². The maximum absolute atomic E-state index is 12.2. The summed E-state index contributed by atoms with van der Waals surface area (Å²) in [7, 11) is -3.87. The van der Waals surface area contributed by atoms with E-state index in [9.17, 15) is 13.5 Å². The van der Waals surface area contributed by atoms with Crippen LogP contribution in [0, 0.1) is 11.3 Å². The average Bonchev–Trinajstić information content (AvgIpc) is 2.53. The van der Waals surface area contributed by atoms with Crippen LogP contribution < -0.4 is 4.72 Å². The molecule has 0 aliphatic carbocycles. The van der Waals surface area contributed by atoms with Gasteiger partial charge in [0.05, 0.1) is 16.6 Å². The summed E-state index contributed by atoms with van der Waals surface area (Å²) in [5.41, 5.74) is 0.594. The zero-order valence-electron chi connectivity index (χ0n) is 11.4. The largest absolute Gasteiger partial charge is 0.387 e. The Morgan fingerprint density at radius 2 is 1.82 bits per heavy atom. The Hall–Kier alpha value is -1.91. The monoisotopic (exact) mass is 336 g/mol. The van der Waals surface area contributed by atoms with Crippen LogP contribution in [0.3, 0.4) is 0 Å². The fraction of sp³-hybridized carbons (Fsp3) is 0.133. The van der Waals surface area contributed by atoms with E-state index < -0.39 is 16.1 Å². The minimum atomic E-state index is -3.87. The molecule has 0 saturated heterocycles. The molecule has 22 heavy (non-hydrogen) atoms. The maximum Gasteiger partial charge on any atom is 0.241 e. The second-order valence-electron chi connectivity index (χ2n) is 4.53. The zero-order valence-corrected chi connectivity index (χ0v) is 13.0. The Morgan fingerprint density at radius 3 is 2.45 bits per heavy atom. The Labute approximate surface area is 133 Å². The number of aliphatic hydroxyl groups is 1. The van der Waals surface area contributed by atoms with Gasteiger partial charge >= 0.3 is 0 Å². The lowest BCUT2D eigenvalue weighted by Crippen LogP contribution is -2.29. The number of nitrogens with zero attached hydrogens (tertiary/aromatic N) is 1. The Kier molecular flexibility index (Phi) is 5.16. The van der Waals surface area contributed by atoms with Gasteiger partial charge < -0.3 is 5.11 Å². The molecule has 0 aromatic heterocycles. The quantitative estimate of drug-likeness (QED) is 0.876. The van der Waals surface area contributed by atoms with E-state index in [4.69, 9.17) is 16.9 Å². The number of hydrogen-bond acceptors (Lipinski definition) is 4. The van der Waals surface area contributed by atoms with Crippen LogP contribution in [0.2, 0.25) is 5.02 Å². The van der Waals surface area contributed by atoms with Gasteiger partial charge in [0.2, 0.25) is 10.0 Å². The molecule has 2 aromatic rings. The van der Waals surface area contributed by atoms with Crippen LogP contribution in [-0.2, 0) is 10.0 Å². The average molecular weight is 337 g/mol. The Bertz CT molecular complexity index is 798. The van der Waals surface area contributed by atoms with E-state index in [1.807, 2.05) is 6.07 Å². The van der Waals surface area contributed by atoms with E-state index in [2.05, 4.69) is 4.72 Å². The molecule has 0 amide bonds. The van der Waals surface area contributed by atoms with Gasteiger partial charge in [0.25, 0.3) is 0 Å². The third-order valence-electron chi connectivity index (χ3n) is 3.02. The van der Waals surface area contributed by atoms with Gasteiger partial charge in [-0.15, -0.1) is 0 Å². The Morgan fingerprint density at radius 1 is 1.18 bits per heavy atom. The van der Waals surface area contributed by atoms with Crippen LogP contribution in [0.5, 0.6) is 0 Å². The number of aliphatic hydroxyl groups excluding tert-OH is 1. The van der Waals surface area contributed by atoms with E-state index in [1.54, 1.807) is 30.3 Å². The van der Waals surface area contributed by atoms with Crippen LogP contribution in [0.1, 0.15) is 17.2 Å². The van der Waals surface area contributed by atoms with E-state index in [1.165, 1.54) is 18.2 Å².